The van der Waals surface area contributed by atoms with Gasteiger partial charge in [-0.1, -0.05) is 19.8 Å². The minimum Gasteiger partial charge on any atom is -0.355 e. The summed E-state index contributed by atoms with van der Waals surface area (Å²) in [6, 6.07) is 0.620. The Morgan fingerprint density at radius 3 is 2.39 bits per heavy atom. The Labute approximate surface area is 112 Å². The van der Waals surface area contributed by atoms with Crippen molar-refractivity contribution < 1.29 is 4.79 Å². The molecule has 4 heteroatoms. The molecule has 0 saturated carbocycles. The lowest BCUT2D eigenvalue weighted by molar-refractivity contribution is -0.122. The quantitative estimate of drug-likeness (QED) is 0.697. The molecule has 0 atom stereocenters. The third kappa shape index (κ3) is 5.83. The molecule has 0 spiro atoms. The lowest BCUT2D eigenvalue weighted by Gasteiger charge is -2.36. The molecule has 1 amide bonds. The number of piperazine rings is 1. The number of carbonyl (C=O) groups excluding carboxylic acids is 1. The standard InChI is InChI=1S/C14H29N3O/c1-4-5-6-7-15-14(18)12-16-8-10-17(11-9-16)13(2)3/h13H,4-12H2,1-3H3,(H,15,18). The fourth-order valence-corrected chi connectivity index (χ4v) is 2.30. The minimum atomic E-state index is 0.184. The molecular weight excluding hydrogens is 226 g/mol. The van der Waals surface area contributed by atoms with Crippen LogP contribution in [0.1, 0.15) is 40.0 Å². The van der Waals surface area contributed by atoms with E-state index >= 15 is 0 Å². The molecule has 1 N–H and O–H groups in total. The van der Waals surface area contributed by atoms with Gasteiger partial charge < -0.3 is 5.32 Å². The van der Waals surface area contributed by atoms with E-state index in [1.807, 2.05) is 0 Å². The average molecular weight is 255 g/mol. The molecule has 0 aromatic carbocycles. The van der Waals surface area contributed by atoms with Gasteiger partial charge in [0.2, 0.25) is 5.91 Å². The Kier molecular flexibility index (Phi) is 7.28. The van der Waals surface area contributed by atoms with Crippen LogP contribution in [0.25, 0.3) is 0 Å². The molecule has 0 bridgehead atoms. The van der Waals surface area contributed by atoms with Crippen molar-refractivity contribution in [2.75, 3.05) is 39.3 Å². The topological polar surface area (TPSA) is 35.6 Å². The monoisotopic (exact) mass is 255 g/mol. The molecule has 106 valence electrons. The van der Waals surface area contributed by atoms with E-state index in [1.165, 1.54) is 12.8 Å². The average Bonchev–Trinajstić information content (AvgIpc) is 2.35. The zero-order chi connectivity index (χ0) is 13.4. The van der Waals surface area contributed by atoms with E-state index in [2.05, 4.69) is 35.9 Å². The van der Waals surface area contributed by atoms with Crippen LogP contribution in [-0.2, 0) is 4.79 Å². The molecule has 0 aromatic rings. The molecule has 0 radical (unpaired) electrons. The van der Waals surface area contributed by atoms with E-state index in [1.54, 1.807) is 0 Å². The van der Waals surface area contributed by atoms with Crippen LogP contribution in [0.15, 0.2) is 0 Å². The Morgan fingerprint density at radius 2 is 1.83 bits per heavy atom. The molecule has 1 saturated heterocycles. The Bertz CT molecular complexity index is 235. The molecule has 0 unspecified atom stereocenters. The maximum Gasteiger partial charge on any atom is 0.234 e. The van der Waals surface area contributed by atoms with Crippen molar-refractivity contribution in [1.29, 1.82) is 0 Å². The molecule has 1 fully saturated rings. The summed E-state index contributed by atoms with van der Waals surface area (Å²) in [5.74, 6) is 0.184. The third-order valence-corrected chi connectivity index (χ3v) is 3.61. The first kappa shape index (κ1) is 15.4. The highest BCUT2D eigenvalue weighted by Gasteiger charge is 2.19. The highest BCUT2D eigenvalue weighted by molar-refractivity contribution is 5.77. The summed E-state index contributed by atoms with van der Waals surface area (Å²) in [6.45, 7) is 12.2. The van der Waals surface area contributed by atoms with Gasteiger partial charge in [0.25, 0.3) is 0 Å². The second-order valence-electron chi connectivity index (χ2n) is 5.46. The van der Waals surface area contributed by atoms with E-state index < -0.39 is 0 Å². The van der Waals surface area contributed by atoms with Crippen molar-refractivity contribution in [3.63, 3.8) is 0 Å². The van der Waals surface area contributed by atoms with Gasteiger partial charge in [-0.25, -0.2) is 0 Å². The normalized spacial score (nSPS) is 18.2. The van der Waals surface area contributed by atoms with Crippen molar-refractivity contribution >= 4 is 5.91 Å². The minimum absolute atomic E-state index is 0.184. The van der Waals surface area contributed by atoms with E-state index in [0.29, 0.717) is 12.6 Å². The summed E-state index contributed by atoms with van der Waals surface area (Å²) in [5, 5.41) is 3.00. The number of nitrogens with one attached hydrogen (secondary N) is 1. The van der Waals surface area contributed by atoms with E-state index in [4.69, 9.17) is 0 Å². The summed E-state index contributed by atoms with van der Waals surface area (Å²) in [5.41, 5.74) is 0. The zero-order valence-corrected chi connectivity index (χ0v) is 12.2. The number of nitrogens with zero attached hydrogens (tertiary/aromatic N) is 2. The molecular formula is C14H29N3O. The maximum atomic E-state index is 11.7. The van der Waals surface area contributed by atoms with Crippen LogP contribution in [0.4, 0.5) is 0 Å². The first-order valence-corrected chi connectivity index (χ1v) is 7.36. The zero-order valence-electron chi connectivity index (χ0n) is 12.2. The highest BCUT2D eigenvalue weighted by Crippen LogP contribution is 2.05. The third-order valence-electron chi connectivity index (χ3n) is 3.61. The van der Waals surface area contributed by atoms with Crippen molar-refractivity contribution in [1.82, 2.24) is 15.1 Å². The van der Waals surface area contributed by atoms with Crippen LogP contribution >= 0.6 is 0 Å². The summed E-state index contributed by atoms with van der Waals surface area (Å²) < 4.78 is 0. The number of rotatable bonds is 7. The number of unbranched alkanes of at least 4 members (excludes halogenated alkanes) is 2. The van der Waals surface area contributed by atoms with Gasteiger partial charge in [0.15, 0.2) is 0 Å². The number of carbonyl (C=O) groups is 1. The molecule has 4 nitrogen and oxygen atoms in total. The molecule has 0 aromatic heterocycles. The summed E-state index contributed by atoms with van der Waals surface area (Å²) >= 11 is 0. The molecule has 1 rings (SSSR count). The molecule has 1 aliphatic rings. The predicted octanol–water partition coefficient (Wildman–Crippen LogP) is 1.32. The largest absolute Gasteiger partial charge is 0.355 e. The number of amides is 1. The van der Waals surface area contributed by atoms with Crippen LogP contribution < -0.4 is 5.32 Å². The van der Waals surface area contributed by atoms with Gasteiger partial charge in [0.1, 0.15) is 0 Å². The Morgan fingerprint density at radius 1 is 1.17 bits per heavy atom. The molecule has 1 aliphatic heterocycles. The van der Waals surface area contributed by atoms with Crippen LogP contribution in [0.5, 0.6) is 0 Å². The fourth-order valence-electron chi connectivity index (χ4n) is 2.30. The maximum absolute atomic E-state index is 11.7. The van der Waals surface area contributed by atoms with Gasteiger partial charge in [0.05, 0.1) is 6.54 Å². The van der Waals surface area contributed by atoms with E-state index in [-0.39, 0.29) is 5.91 Å². The van der Waals surface area contributed by atoms with Gasteiger partial charge in [-0.3, -0.25) is 14.6 Å². The lowest BCUT2D eigenvalue weighted by atomic mass is 10.2. The van der Waals surface area contributed by atoms with Gasteiger partial charge in [0, 0.05) is 38.8 Å². The lowest BCUT2D eigenvalue weighted by Crippen LogP contribution is -2.51. The van der Waals surface area contributed by atoms with Gasteiger partial charge in [-0.15, -0.1) is 0 Å². The predicted molar refractivity (Wildman–Crippen MR) is 75.7 cm³/mol. The summed E-state index contributed by atoms with van der Waals surface area (Å²) in [7, 11) is 0. The second kappa shape index (κ2) is 8.48. The Hall–Kier alpha value is -0.610. The van der Waals surface area contributed by atoms with Gasteiger partial charge in [-0.05, 0) is 20.3 Å². The van der Waals surface area contributed by atoms with Crippen LogP contribution in [-0.4, -0.2) is 61.0 Å². The molecule has 1 heterocycles. The van der Waals surface area contributed by atoms with Crippen LogP contribution in [0.2, 0.25) is 0 Å². The first-order valence-electron chi connectivity index (χ1n) is 7.36. The van der Waals surface area contributed by atoms with E-state index in [0.717, 1.165) is 39.1 Å². The summed E-state index contributed by atoms with van der Waals surface area (Å²) in [6.07, 6.45) is 3.50. The van der Waals surface area contributed by atoms with Crippen molar-refractivity contribution in [3.8, 4) is 0 Å². The van der Waals surface area contributed by atoms with Crippen molar-refractivity contribution in [3.05, 3.63) is 0 Å². The second-order valence-corrected chi connectivity index (χ2v) is 5.46. The molecule has 18 heavy (non-hydrogen) atoms. The van der Waals surface area contributed by atoms with Crippen molar-refractivity contribution in [2.45, 2.75) is 46.1 Å². The van der Waals surface area contributed by atoms with Crippen LogP contribution in [0.3, 0.4) is 0 Å². The fraction of sp³-hybridized carbons (Fsp3) is 0.929. The van der Waals surface area contributed by atoms with Gasteiger partial charge >= 0.3 is 0 Å². The highest BCUT2D eigenvalue weighted by atomic mass is 16.2. The first-order chi connectivity index (χ1) is 8.63. The van der Waals surface area contributed by atoms with Crippen LogP contribution in [0, 0.1) is 0 Å². The SMILES string of the molecule is CCCCCNC(=O)CN1CCN(C(C)C)CC1. The summed E-state index contributed by atoms with van der Waals surface area (Å²) in [4.78, 5) is 16.4. The van der Waals surface area contributed by atoms with Gasteiger partial charge in [-0.2, -0.15) is 0 Å². The van der Waals surface area contributed by atoms with Crippen molar-refractivity contribution in [2.24, 2.45) is 0 Å². The van der Waals surface area contributed by atoms with E-state index in [9.17, 15) is 4.79 Å². The molecule has 0 aliphatic carbocycles. The Balaban J connectivity index is 2.10. The number of hydrogen-bond donors (Lipinski definition) is 1. The smallest absolute Gasteiger partial charge is 0.234 e. The number of hydrogen-bond acceptors (Lipinski definition) is 3.